The van der Waals surface area contributed by atoms with Gasteiger partial charge in [0.25, 0.3) is 17.7 Å². The standard InChI is InChI=1S/C66H90N12O15/c1-45-59(46(2)74-73-45)47-17-20-51(21-18-47)70-64(82)61(60(48-13-14-48)49-15-16-49)72-63(81)56-23-24-69-78(56)27-9-7-6-8-26-77-41-52(75-76-77)42-90-38-37-89-36-35-88-34-33-87-32-31-86-30-29-85-28-25-67-57(79)44-91-53-11-10-12-54(39-53)93-58-22-19-50(40-68-58)62(80)71-55(65(83)84)43-92-66(3,4)5/h10-12,17-24,39-41,48-49,55,60-61H,6-9,13-16,25-38,42-44H2,1-5H3,(H,67,79)(H,70,82)(H,71,80)(H,72,81)(H,73,74)(H,83,84)/t55-,61-/m0/s1. The van der Waals surface area contributed by atoms with E-state index in [1.54, 1.807) is 62.0 Å². The molecule has 2 fully saturated rings. The predicted molar refractivity (Wildman–Crippen MR) is 341 cm³/mol. The molecular formula is C66H90N12O15. The molecular weight excluding hydrogens is 1200 g/mol. The van der Waals surface area contributed by atoms with Crippen LogP contribution in [0.1, 0.15) is 110 Å². The lowest BCUT2D eigenvalue weighted by molar-refractivity contribution is -0.142. The molecule has 27 nitrogen and oxygen atoms in total. The minimum atomic E-state index is -1.24. The molecule has 93 heavy (non-hydrogen) atoms. The Morgan fingerprint density at radius 2 is 1.38 bits per heavy atom. The van der Waals surface area contributed by atoms with Crippen LogP contribution in [0, 0.1) is 31.6 Å². The highest BCUT2D eigenvalue weighted by atomic mass is 16.6. The molecule has 2 saturated carbocycles. The summed E-state index contributed by atoms with van der Waals surface area (Å²) in [6, 6.07) is 17.2. The largest absolute Gasteiger partial charge is 0.484 e. The zero-order chi connectivity index (χ0) is 65.8. The number of aromatic amines is 1. The topological polar surface area (TPSA) is 327 Å². The number of unbranched alkanes of at least 4 members (excludes halogenated alkanes) is 3. The number of amides is 4. The first kappa shape index (κ1) is 70.7. The second kappa shape index (κ2) is 36.9. The number of aromatic nitrogens is 8. The molecule has 8 rings (SSSR count). The predicted octanol–water partition coefficient (Wildman–Crippen LogP) is 6.90. The SMILES string of the molecule is Cc1n[nH]c(C)c1-c1ccc(NC(=O)[C@@H](NC(=O)c2ccnn2CCCCCCn2cc(COCCOCCOCCOCCOCCOCCNC(=O)COc3cccc(Oc4ccc(C(=O)N[C@@H](COC(C)(C)C)C(=O)O)cn4)c3)nn2)C(C2CC2)C2CC2)cc1. The normalized spacial score (nSPS) is 13.8. The monoisotopic (exact) mass is 1290 g/mol. The van der Waals surface area contributed by atoms with E-state index in [0.717, 1.165) is 86.1 Å². The fourth-order valence-corrected chi connectivity index (χ4v) is 10.3. The fraction of sp³-hybridized carbons (Fsp3) is 0.545. The number of carboxylic acids is 1. The zero-order valence-electron chi connectivity index (χ0n) is 53.9. The van der Waals surface area contributed by atoms with Crippen LogP contribution in [0.25, 0.3) is 11.1 Å². The van der Waals surface area contributed by atoms with E-state index in [2.05, 4.69) is 51.9 Å². The van der Waals surface area contributed by atoms with Gasteiger partial charge in [-0.3, -0.25) is 33.6 Å². The molecule has 0 spiro atoms. The van der Waals surface area contributed by atoms with Crippen molar-refractivity contribution in [3.63, 3.8) is 0 Å². The van der Waals surface area contributed by atoms with Crippen LogP contribution in [0.4, 0.5) is 5.69 Å². The van der Waals surface area contributed by atoms with Gasteiger partial charge in [0.1, 0.15) is 28.9 Å². The van der Waals surface area contributed by atoms with E-state index in [9.17, 15) is 29.1 Å². The third kappa shape index (κ3) is 24.7. The summed E-state index contributed by atoms with van der Waals surface area (Å²) in [6.07, 6.45) is 12.8. The molecule has 2 aromatic carbocycles. The molecule has 0 aliphatic heterocycles. The number of nitrogens with one attached hydrogen (secondary N) is 5. The van der Waals surface area contributed by atoms with E-state index < -0.39 is 29.6 Å². The number of anilines is 1. The molecule has 0 unspecified atom stereocenters. The van der Waals surface area contributed by atoms with Crippen molar-refractivity contribution in [1.82, 2.24) is 55.9 Å². The van der Waals surface area contributed by atoms with Gasteiger partial charge in [-0.05, 0) is 133 Å². The minimum Gasteiger partial charge on any atom is -0.484 e. The maximum Gasteiger partial charge on any atom is 0.328 e. The van der Waals surface area contributed by atoms with Crippen LogP contribution in [-0.4, -0.2) is 185 Å². The average molecular weight is 1290 g/mol. The van der Waals surface area contributed by atoms with Crippen LogP contribution < -0.4 is 30.7 Å². The van der Waals surface area contributed by atoms with Crippen molar-refractivity contribution in [2.75, 3.05) is 97.8 Å². The molecule has 27 heteroatoms. The molecule has 0 saturated heterocycles. The van der Waals surface area contributed by atoms with Crippen LogP contribution in [0.3, 0.4) is 0 Å². The van der Waals surface area contributed by atoms with Gasteiger partial charge in [-0.25, -0.2) is 9.78 Å². The number of carbonyl (C=O) groups excluding carboxylic acids is 4. The number of rotatable bonds is 45. The molecule has 4 amide bonds. The van der Waals surface area contributed by atoms with Gasteiger partial charge < -0.3 is 69.0 Å². The number of pyridine rings is 1. The van der Waals surface area contributed by atoms with E-state index in [0.29, 0.717) is 121 Å². The molecule has 4 aromatic heterocycles. The van der Waals surface area contributed by atoms with Crippen molar-refractivity contribution in [3.8, 4) is 28.5 Å². The van der Waals surface area contributed by atoms with Gasteiger partial charge in [0.05, 0.1) is 109 Å². The number of H-pyrrole nitrogens is 1. The lowest BCUT2D eigenvalue weighted by Gasteiger charge is -2.27. The molecule has 0 radical (unpaired) electrons. The second-order valence-corrected chi connectivity index (χ2v) is 23.9. The van der Waals surface area contributed by atoms with E-state index in [1.165, 1.54) is 18.3 Å². The van der Waals surface area contributed by atoms with Gasteiger partial charge >= 0.3 is 5.97 Å². The third-order valence-corrected chi connectivity index (χ3v) is 15.3. The van der Waals surface area contributed by atoms with Crippen molar-refractivity contribution >= 4 is 35.3 Å². The molecule has 504 valence electrons. The third-order valence-electron chi connectivity index (χ3n) is 15.3. The highest BCUT2D eigenvalue weighted by molar-refractivity contribution is 6.01. The molecule has 0 bridgehead atoms. The molecule has 2 aliphatic rings. The molecule has 6 N–H and O–H groups in total. The van der Waals surface area contributed by atoms with Crippen molar-refractivity contribution in [1.29, 1.82) is 0 Å². The summed E-state index contributed by atoms with van der Waals surface area (Å²) < 4.78 is 54.1. The summed E-state index contributed by atoms with van der Waals surface area (Å²) >= 11 is 0. The highest BCUT2D eigenvalue weighted by Gasteiger charge is 2.48. The lowest BCUT2D eigenvalue weighted by atomic mass is 9.88. The Labute approximate surface area is 542 Å². The number of carbonyl (C=O) groups is 5. The number of nitrogens with zero attached hydrogens (tertiary/aromatic N) is 7. The summed E-state index contributed by atoms with van der Waals surface area (Å²) in [4.78, 5) is 68.7. The zero-order valence-corrected chi connectivity index (χ0v) is 53.9. The molecule has 2 atom stereocenters. The Morgan fingerprint density at radius 1 is 0.731 bits per heavy atom. The van der Waals surface area contributed by atoms with E-state index in [-0.39, 0.29) is 54.8 Å². The van der Waals surface area contributed by atoms with Crippen LogP contribution in [0.15, 0.2) is 85.3 Å². The number of ether oxygens (including phenoxy) is 9. The van der Waals surface area contributed by atoms with Gasteiger partial charge in [0.2, 0.25) is 11.8 Å². The average Bonchev–Trinajstić information content (AvgIpc) is 1.66. The summed E-state index contributed by atoms with van der Waals surface area (Å²) in [5, 5.41) is 41.3. The molecule has 6 aromatic rings. The van der Waals surface area contributed by atoms with Gasteiger partial charge in [-0.15, -0.1) is 5.10 Å². The summed E-state index contributed by atoms with van der Waals surface area (Å²) in [5.41, 5.74) is 5.44. The summed E-state index contributed by atoms with van der Waals surface area (Å²) in [5.74, 6) is -0.706. The van der Waals surface area contributed by atoms with Crippen LogP contribution in [-0.2, 0) is 67.2 Å². The van der Waals surface area contributed by atoms with Gasteiger partial charge in [0.15, 0.2) is 12.6 Å². The van der Waals surface area contributed by atoms with Gasteiger partial charge in [-0.1, -0.05) is 36.3 Å². The Hall–Kier alpha value is -8.18. The molecule has 2 aliphatic carbocycles. The highest BCUT2D eigenvalue weighted by Crippen LogP contribution is 2.51. The Balaban J connectivity index is 0.572. The van der Waals surface area contributed by atoms with E-state index in [1.807, 2.05) is 49.0 Å². The first-order valence-electron chi connectivity index (χ1n) is 32.0. The van der Waals surface area contributed by atoms with Crippen LogP contribution in [0.5, 0.6) is 17.4 Å². The number of aryl methyl sites for hydroxylation is 4. The van der Waals surface area contributed by atoms with Crippen LogP contribution in [0.2, 0.25) is 0 Å². The summed E-state index contributed by atoms with van der Waals surface area (Å²) in [6.45, 7) is 15.2. The maximum absolute atomic E-state index is 14.0. The van der Waals surface area contributed by atoms with Crippen LogP contribution >= 0.6 is 0 Å². The number of aliphatic carboxylic acids is 1. The quantitative estimate of drug-likeness (QED) is 0.0212. The molecule has 4 heterocycles. The van der Waals surface area contributed by atoms with Crippen molar-refractivity contribution in [2.45, 2.75) is 123 Å². The second-order valence-electron chi connectivity index (χ2n) is 23.9. The van der Waals surface area contributed by atoms with Gasteiger partial charge in [-0.2, -0.15) is 10.2 Å². The first-order chi connectivity index (χ1) is 45.1. The van der Waals surface area contributed by atoms with E-state index in [4.69, 9.17) is 42.6 Å². The van der Waals surface area contributed by atoms with Crippen molar-refractivity contribution < 1.29 is 71.7 Å². The Kier molecular flexibility index (Phi) is 28.0. The van der Waals surface area contributed by atoms with Crippen molar-refractivity contribution in [3.05, 3.63) is 114 Å². The number of hydrogen-bond donors (Lipinski definition) is 6. The summed E-state index contributed by atoms with van der Waals surface area (Å²) in [7, 11) is 0. The number of benzene rings is 2. The lowest BCUT2D eigenvalue weighted by Crippen LogP contribution is -2.50. The first-order valence-corrected chi connectivity index (χ1v) is 32.0. The number of carboxylic acid groups (broad SMARTS) is 1. The number of hydrogen-bond acceptors (Lipinski definition) is 19. The fourth-order valence-electron chi connectivity index (χ4n) is 10.3. The van der Waals surface area contributed by atoms with Crippen molar-refractivity contribution in [2.24, 2.45) is 17.8 Å². The minimum absolute atomic E-state index is 0.105. The van der Waals surface area contributed by atoms with Gasteiger partial charge in [0, 0.05) is 61.1 Å². The Morgan fingerprint density at radius 3 is 1.99 bits per heavy atom. The Bertz CT molecular complexity index is 3240. The van der Waals surface area contributed by atoms with E-state index >= 15 is 0 Å². The smallest absolute Gasteiger partial charge is 0.328 e. The maximum atomic E-state index is 14.0.